The number of rotatable bonds is 7. The highest BCUT2D eigenvalue weighted by atomic mass is 19.4. The molecule has 0 N–H and O–H groups in total. The van der Waals surface area contributed by atoms with Crippen LogP contribution in [0.5, 0.6) is 0 Å². The summed E-state index contributed by atoms with van der Waals surface area (Å²) >= 11 is 0. The van der Waals surface area contributed by atoms with Crippen molar-refractivity contribution in [3.63, 3.8) is 0 Å². The minimum Gasteiger partial charge on any atom is -0.372 e. The van der Waals surface area contributed by atoms with Gasteiger partial charge in [-0.25, -0.2) is 0 Å². The Balaban J connectivity index is 3.43. The van der Waals surface area contributed by atoms with Crippen LogP contribution in [-0.2, 0) is 0 Å². The van der Waals surface area contributed by atoms with Crippen LogP contribution in [0.2, 0.25) is 0 Å². The van der Waals surface area contributed by atoms with Crippen molar-refractivity contribution in [3.05, 3.63) is 23.8 Å². The van der Waals surface area contributed by atoms with Gasteiger partial charge in [0, 0.05) is 37.6 Å². The van der Waals surface area contributed by atoms with Gasteiger partial charge in [0.1, 0.15) is 0 Å². The number of Topliss-reactive ketones (excluding diaryl/α,β-unsaturated/α-hetero) is 1. The van der Waals surface area contributed by atoms with E-state index in [0.717, 1.165) is 0 Å². The predicted molar refractivity (Wildman–Crippen MR) is 83.9 cm³/mol. The third-order valence-corrected chi connectivity index (χ3v) is 3.71. The molecule has 0 fully saturated rings. The number of carbonyl (C=O) groups excluding carboxylic acids is 1. The van der Waals surface area contributed by atoms with E-state index in [0.29, 0.717) is 37.6 Å². The van der Waals surface area contributed by atoms with Gasteiger partial charge in [0.15, 0.2) is 0 Å². The Morgan fingerprint density at radius 2 is 1.45 bits per heavy atom. The second-order valence-electron chi connectivity index (χ2n) is 4.87. The molecule has 0 saturated carbocycles. The van der Waals surface area contributed by atoms with E-state index in [1.54, 1.807) is 17.0 Å². The molecule has 1 aromatic rings. The number of anilines is 2. The number of nitrogens with zero attached hydrogens (tertiary/aromatic N) is 2. The molecule has 1 rings (SSSR count). The van der Waals surface area contributed by atoms with Gasteiger partial charge in [0.2, 0.25) is 0 Å². The van der Waals surface area contributed by atoms with E-state index in [-0.39, 0.29) is 5.56 Å². The Hall–Kier alpha value is -1.72. The van der Waals surface area contributed by atoms with E-state index in [1.807, 2.05) is 32.6 Å². The molecule has 0 amide bonds. The minimum atomic E-state index is -4.87. The summed E-state index contributed by atoms with van der Waals surface area (Å²) in [7, 11) is 0. The second-order valence-corrected chi connectivity index (χ2v) is 4.87. The van der Waals surface area contributed by atoms with Gasteiger partial charge in [0.25, 0.3) is 5.78 Å². The van der Waals surface area contributed by atoms with Crippen molar-refractivity contribution in [1.29, 1.82) is 0 Å². The van der Waals surface area contributed by atoms with Crippen molar-refractivity contribution in [2.24, 2.45) is 0 Å². The van der Waals surface area contributed by atoms with Crippen LogP contribution in [0.1, 0.15) is 38.1 Å². The smallest absolute Gasteiger partial charge is 0.372 e. The molecule has 0 unspecified atom stereocenters. The lowest BCUT2D eigenvalue weighted by molar-refractivity contribution is -0.0884. The molecule has 0 heterocycles. The molecule has 1 aromatic carbocycles. The Labute approximate surface area is 129 Å². The van der Waals surface area contributed by atoms with Crippen LogP contribution in [0, 0.1) is 0 Å². The summed E-state index contributed by atoms with van der Waals surface area (Å²) in [5.41, 5.74) is 0.692. The van der Waals surface area contributed by atoms with Gasteiger partial charge in [-0.05, 0) is 45.9 Å². The lowest BCUT2D eigenvalue weighted by Crippen LogP contribution is -2.29. The topological polar surface area (TPSA) is 23.6 Å². The molecule has 0 atom stereocenters. The quantitative estimate of drug-likeness (QED) is 0.707. The van der Waals surface area contributed by atoms with Crippen molar-refractivity contribution in [1.82, 2.24) is 0 Å². The van der Waals surface area contributed by atoms with Crippen molar-refractivity contribution in [3.8, 4) is 0 Å². The normalized spacial score (nSPS) is 11.4. The first-order valence-electron chi connectivity index (χ1n) is 7.55. The molecule has 0 aliphatic rings. The van der Waals surface area contributed by atoms with Gasteiger partial charge in [-0.1, -0.05) is 0 Å². The average molecular weight is 316 g/mol. The summed E-state index contributed by atoms with van der Waals surface area (Å²) in [5.74, 6) is -1.79. The zero-order valence-electron chi connectivity index (χ0n) is 13.5. The first-order chi connectivity index (χ1) is 10.3. The van der Waals surface area contributed by atoms with Crippen LogP contribution in [-0.4, -0.2) is 38.1 Å². The Morgan fingerprint density at radius 1 is 0.955 bits per heavy atom. The zero-order chi connectivity index (χ0) is 16.9. The fraction of sp³-hybridized carbons (Fsp3) is 0.562. The Bertz CT molecular complexity index is 507. The molecular formula is C16H23F3N2O. The largest absolute Gasteiger partial charge is 0.454 e. The molecule has 0 aromatic heterocycles. The summed E-state index contributed by atoms with van der Waals surface area (Å²) < 4.78 is 38.7. The molecule has 0 spiro atoms. The number of hydrogen-bond acceptors (Lipinski definition) is 3. The van der Waals surface area contributed by atoms with Crippen LogP contribution in [0.4, 0.5) is 24.5 Å². The van der Waals surface area contributed by atoms with E-state index < -0.39 is 12.0 Å². The fourth-order valence-corrected chi connectivity index (χ4v) is 2.48. The van der Waals surface area contributed by atoms with Gasteiger partial charge in [-0.15, -0.1) is 0 Å². The molecular weight excluding hydrogens is 293 g/mol. The molecule has 0 saturated heterocycles. The zero-order valence-corrected chi connectivity index (χ0v) is 13.5. The van der Waals surface area contributed by atoms with Crippen LogP contribution < -0.4 is 9.80 Å². The maximum absolute atomic E-state index is 12.9. The minimum absolute atomic E-state index is 0.277. The summed E-state index contributed by atoms with van der Waals surface area (Å²) in [6, 6.07) is 4.74. The number of hydrogen-bond donors (Lipinski definition) is 0. The second kappa shape index (κ2) is 7.51. The highest BCUT2D eigenvalue weighted by Gasteiger charge is 2.41. The predicted octanol–water partition coefficient (Wildman–Crippen LogP) is 4.12. The van der Waals surface area contributed by atoms with E-state index >= 15 is 0 Å². The summed E-state index contributed by atoms with van der Waals surface area (Å²) in [6.07, 6.45) is -4.87. The van der Waals surface area contributed by atoms with Crippen molar-refractivity contribution >= 4 is 17.2 Å². The number of ketones is 1. The van der Waals surface area contributed by atoms with Crippen LogP contribution in [0.25, 0.3) is 0 Å². The standard InChI is InChI=1S/C16H23F3N2O/c1-5-20(6-2)12-9-10-14(21(7-3)8-4)13(11-12)15(22)16(17,18)19/h9-11H,5-8H2,1-4H3. The number of halogens is 3. The molecule has 124 valence electrons. The monoisotopic (exact) mass is 316 g/mol. The van der Waals surface area contributed by atoms with Gasteiger partial charge >= 0.3 is 6.18 Å². The van der Waals surface area contributed by atoms with Gasteiger partial charge in [0.05, 0.1) is 5.56 Å². The van der Waals surface area contributed by atoms with Crippen LogP contribution in [0.15, 0.2) is 18.2 Å². The molecule has 0 radical (unpaired) electrons. The number of alkyl halides is 3. The van der Waals surface area contributed by atoms with Crippen molar-refractivity contribution < 1.29 is 18.0 Å². The molecule has 22 heavy (non-hydrogen) atoms. The molecule has 3 nitrogen and oxygen atoms in total. The highest BCUT2D eigenvalue weighted by Crippen LogP contribution is 2.31. The first kappa shape index (κ1) is 18.3. The van der Waals surface area contributed by atoms with E-state index in [9.17, 15) is 18.0 Å². The lowest BCUT2D eigenvalue weighted by Gasteiger charge is -2.27. The third kappa shape index (κ3) is 3.93. The molecule has 0 aliphatic heterocycles. The number of benzene rings is 1. The van der Waals surface area contributed by atoms with Crippen molar-refractivity contribution in [2.75, 3.05) is 36.0 Å². The maximum atomic E-state index is 12.9. The maximum Gasteiger partial charge on any atom is 0.454 e. The third-order valence-electron chi connectivity index (χ3n) is 3.71. The Kier molecular flexibility index (Phi) is 6.26. The van der Waals surface area contributed by atoms with E-state index in [4.69, 9.17) is 0 Å². The summed E-state index contributed by atoms with van der Waals surface area (Å²) in [4.78, 5) is 15.5. The lowest BCUT2D eigenvalue weighted by atomic mass is 10.0. The van der Waals surface area contributed by atoms with Gasteiger partial charge < -0.3 is 9.80 Å². The Morgan fingerprint density at radius 3 is 1.86 bits per heavy atom. The molecule has 0 bridgehead atoms. The van der Waals surface area contributed by atoms with Crippen LogP contribution in [0.3, 0.4) is 0 Å². The van der Waals surface area contributed by atoms with E-state index in [1.165, 1.54) is 6.07 Å². The summed E-state index contributed by atoms with van der Waals surface area (Å²) in [5, 5.41) is 0. The first-order valence-corrected chi connectivity index (χ1v) is 7.55. The van der Waals surface area contributed by atoms with Crippen molar-refractivity contribution in [2.45, 2.75) is 33.9 Å². The summed E-state index contributed by atoms with van der Waals surface area (Å²) in [6.45, 7) is 9.97. The van der Waals surface area contributed by atoms with Gasteiger partial charge in [-0.3, -0.25) is 4.79 Å². The highest BCUT2D eigenvalue weighted by molar-refractivity contribution is 6.05. The average Bonchev–Trinajstić information content (AvgIpc) is 2.49. The van der Waals surface area contributed by atoms with Crippen LogP contribution >= 0.6 is 0 Å². The SMILES string of the molecule is CCN(CC)c1ccc(N(CC)CC)c(C(=O)C(F)(F)F)c1. The molecule has 0 aliphatic carbocycles. The molecule has 6 heteroatoms. The number of carbonyl (C=O) groups is 1. The van der Waals surface area contributed by atoms with E-state index in [2.05, 4.69) is 0 Å². The fourth-order valence-electron chi connectivity index (χ4n) is 2.48. The van der Waals surface area contributed by atoms with Gasteiger partial charge in [-0.2, -0.15) is 13.2 Å².